The zero-order chi connectivity index (χ0) is 30.7. The van der Waals surface area contributed by atoms with Crippen molar-refractivity contribution in [1.29, 1.82) is 0 Å². The summed E-state index contributed by atoms with van der Waals surface area (Å²) < 4.78 is 11.5. The summed E-state index contributed by atoms with van der Waals surface area (Å²) in [5.41, 5.74) is 6.67. The molecule has 4 aromatic carbocycles. The molecule has 6 rings (SSSR count). The highest BCUT2D eigenvalue weighted by Crippen LogP contribution is 2.35. The lowest BCUT2D eigenvalue weighted by atomic mass is 10.1. The minimum absolute atomic E-state index is 0.142. The number of pyridine rings is 1. The molecule has 6 aromatic rings. The van der Waals surface area contributed by atoms with E-state index in [1.807, 2.05) is 66.7 Å². The molecule has 0 saturated heterocycles. The number of nitrogens with zero attached hydrogens (tertiary/aromatic N) is 1. The third-order valence-electron chi connectivity index (χ3n) is 6.86. The Balaban J connectivity index is 1.07. The molecule has 0 aliphatic rings. The fourth-order valence-electron chi connectivity index (χ4n) is 4.93. The molecule has 0 saturated carbocycles. The van der Waals surface area contributed by atoms with Crippen LogP contribution in [0.15, 0.2) is 114 Å². The minimum Gasteiger partial charge on any atom is -0.455 e. The van der Waals surface area contributed by atoms with Crippen LogP contribution in [0.25, 0.3) is 33.2 Å². The molecule has 2 heterocycles. The van der Waals surface area contributed by atoms with Gasteiger partial charge in [0.25, 0.3) is 0 Å². The van der Waals surface area contributed by atoms with Crippen molar-refractivity contribution in [1.82, 2.24) is 4.98 Å². The smallest absolute Gasteiger partial charge is 0.412 e. The van der Waals surface area contributed by atoms with Crippen molar-refractivity contribution >= 4 is 56.7 Å². The molecule has 3 N–H and O–H groups in total. The summed E-state index contributed by atoms with van der Waals surface area (Å²) in [4.78, 5) is 29.2. The molecule has 0 unspecified atom stereocenters. The average molecular weight is 585 g/mol. The Kier molecular flexibility index (Phi) is 7.72. The number of rotatable bonds is 7. The number of nitrogens with one attached hydrogen (secondary N) is 3. The molecule has 44 heavy (non-hydrogen) atoms. The zero-order valence-electron chi connectivity index (χ0n) is 24.7. The second-order valence-corrected chi connectivity index (χ2v) is 11.5. The first kappa shape index (κ1) is 28.5. The number of amides is 2. The van der Waals surface area contributed by atoms with Gasteiger partial charge in [-0.25, -0.2) is 4.79 Å². The normalized spacial score (nSPS) is 11.3. The maximum Gasteiger partial charge on any atom is 0.412 e. The number of fused-ring (bicyclic) bond motifs is 3. The van der Waals surface area contributed by atoms with E-state index in [4.69, 9.17) is 9.15 Å². The lowest BCUT2D eigenvalue weighted by molar-refractivity contribution is -0.115. The molecule has 0 fully saturated rings. The van der Waals surface area contributed by atoms with Gasteiger partial charge in [0.1, 0.15) is 16.8 Å². The zero-order valence-corrected chi connectivity index (χ0v) is 24.7. The summed E-state index contributed by atoms with van der Waals surface area (Å²) in [5.74, 6) is -0.142. The first-order valence-corrected chi connectivity index (χ1v) is 14.3. The second kappa shape index (κ2) is 11.9. The Morgan fingerprint density at radius 3 is 2.20 bits per heavy atom. The SMILES string of the molecule is CC(C)(C)OC(=O)Nc1ccc(CC(=O)Nc2ccc(Nc3ccnc(-c4cccc5c4oc4ccccc45)c3)cc2)cc1. The van der Waals surface area contributed by atoms with E-state index < -0.39 is 11.7 Å². The Hall–Kier alpha value is -5.63. The molecule has 0 bridgehead atoms. The first-order chi connectivity index (χ1) is 21.2. The Labute approximate surface area is 255 Å². The lowest BCUT2D eigenvalue weighted by Gasteiger charge is -2.19. The number of para-hydroxylation sites is 2. The largest absolute Gasteiger partial charge is 0.455 e. The predicted octanol–water partition coefficient (Wildman–Crippen LogP) is 8.92. The number of aromatic nitrogens is 1. The van der Waals surface area contributed by atoms with E-state index in [0.717, 1.165) is 50.1 Å². The van der Waals surface area contributed by atoms with Gasteiger partial charge in [0.05, 0.1) is 12.1 Å². The molecule has 0 spiro atoms. The van der Waals surface area contributed by atoms with Gasteiger partial charge in [-0.2, -0.15) is 0 Å². The number of anilines is 4. The van der Waals surface area contributed by atoms with Crippen molar-refractivity contribution in [2.75, 3.05) is 16.0 Å². The van der Waals surface area contributed by atoms with Crippen LogP contribution in [0, 0.1) is 0 Å². The summed E-state index contributed by atoms with van der Waals surface area (Å²) in [5, 5.41) is 11.2. The van der Waals surface area contributed by atoms with Crippen LogP contribution in [-0.4, -0.2) is 22.6 Å². The number of ether oxygens (including phenoxy) is 1. The van der Waals surface area contributed by atoms with Gasteiger partial charge >= 0.3 is 6.09 Å². The number of benzene rings is 4. The Morgan fingerprint density at radius 2 is 1.43 bits per heavy atom. The summed E-state index contributed by atoms with van der Waals surface area (Å²) in [7, 11) is 0. The van der Waals surface area contributed by atoms with E-state index in [1.165, 1.54) is 0 Å². The molecule has 8 nitrogen and oxygen atoms in total. The maximum atomic E-state index is 12.7. The van der Waals surface area contributed by atoms with E-state index in [0.29, 0.717) is 11.4 Å². The van der Waals surface area contributed by atoms with Crippen molar-refractivity contribution < 1.29 is 18.7 Å². The fourth-order valence-corrected chi connectivity index (χ4v) is 4.93. The highest BCUT2D eigenvalue weighted by Gasteiger charge is 2.16. The highest BCUT2D eigenvalue weighted by atomic mass is 16.6. The van der Waals surface area contributed by atoms with Gasteiger partial charge in [0.15, 0.2) is 0 Å². The van der Waals surface area contributed by atoms with Crippen LogP contribution in [0.2, 0.25) is 0 Å². The molecule has 0 atom stereocenters. The van der Waals surface area contributed by atoms with Gasteiger partial charge in [0, 0.05) is 45.3 Å². The van der Waals surface area contributed by atoms with Gasteiger partial charge in [0.2, 0.25) is 5.91 Å². The van der Waals surface area contributed by atoms with E-state index in [9.17, 15) is 9.59 Å². The summed E-state index contributed by atoms with van der Waals surface area (Å²) in [6.07, 6.45) is 1.45. The van der Waals surface area contributed by atoms with Crippen molar-refractivity contribution in [3.63, 3.8) is 0 Å². The number of carbonyl (C=O) groups is 2. The van der Waals surface area contributed by atoms with Crippen molar-refractivity contribution in [3.8, 4) is 11.3 Å². The van der Waals surface area contributed by atoms with Gasteiger partial charge in [-0.05, 0) is 87.0 Å². The van der Waals surface area contributed by atoms with E-state index in [1.54, 1.807) is 51.2 Å². The van der Waals surface area contributed by atoms with Gasteiger partial charge < -0.3 is 19.8 Å². The topological polar surface area (TPSA) is 105 Å². The molecule has 0 aliphatic carbocycles. The molecule has 2 aromatic heterocycles. The lowest BCUT2D eigenvalue weighted by Crippen LogP contribution is -2.27. The van der Waals surface area contributed by atoms with Gasteiger partial charge in [-0.3, -0.25) is 15.1 Å². The van der Waals surface area contributed by atoms with Crippen LogP contribution >= 0.6 is 0 Å². The van der Waals surface area contributed by atoms with Crippen LogP contribution in [0.4, 0.5) is 27.5 Å². The van der Waals surface area contributed by atoms with Crippen LogP contribution in [0.5, 0.6) is 0 Å². The quantitative estimate of drug-likeness (QED) is 0.173. The summed E-state index contributed by atoms with van der Waals surface area (Å²) in [6, 6.07) is 32.6. The average Bonchev–Trinajstić information content (AvgIpc) is 3.37. The molecule has 0 aliphatic heterocycles. The van der Waals surface area contributed by atoms with E-state index >= 15 is 0 Å². The van der Waals surface area contributed by atoms with Crippen LogP contribution in [-0.2, 0) is 16.0 Å². The molecule has 0 radical (unpaired) electrons. The first-order valence-electron chi connectivity index (χ1n) is 14.3. The van der Waals surface area contributed by atoms with Crippen LogP contribution in [0.3, 0.4) is 0 Å². The number of furan rings is 1. The van der Waals surface area contributed by atoms with Crippen molar-refractivity contribution in [2.45, 2.75) is 32.8 Å². The maximum absolute atomic E-state index is 12.7. The third-order valence-corrected chi connectivity index (χ3v) is 6.86. The third kappa shape index (κ3) is 6.71. The standard InChI is InChI=1S/C36H32N4O4/c1-36(2,3)44-35(42)40-26-13-11-23(12-14-26)21-33(41)39-25-17-15-24(16-18-25)38-27-19-20-37-31(22-27)30-9-6-8-29-28-7-4-5-10-32(28)43-34(29)30/h4-20,22H,21H2,1-3H3,(H,37,38)(H,39,41)(H,40,42). The fraction of sp³-hybridized carbons (Fsp3) is 0.139. The molecule has 2 amide bonds. The Morgan fingerprint density at radius 1 is 0.750 bits per heavy atom. The van der Waals surface area contributed by atoms with Crippen molar-refractivity contribution in [2.24, 2.45) is 0 Å². The number of carbonyl (C=O) groups excluding carboxylic acids is 2. The van der Waals surface area contributed by atoms with Crippen molar-refractivity contribution in [3.05, 3.63) is 115 Å². The van der Waals surface area contributed by atoms with Gasteiger partial charge in [-0.15, -0.1) is 0 Å². The minimum atomic E-state index is -0.578. The van der Waals surface area contributed by atoms with Gasteiger partial charge in [-0.1, -0.05) is 42.5 Å². The van der Waals surface area contributed by atoms with E-state index in [2.05, 4.69) is 33.1 Å². The van der Waals surface area contributed by atoms with Crippen LogP contribution in [0.1, 0.15) is 26.3 Å². The number of hydrogen-bond acceptors (Lipinski definition) is 6. The monoisotopic (exact) mass is 584 g/mol. The molecular formula is C36H32N4O4. The molecule has 220 valence electrons. The number of hydrogen-bond donors (Lipinski definition) is 3. The van der Waals surface area contributed by atoms with E-state index in [-0.39, 0.29) is 12.3 Å². The predicted molar refractivity (Wildman–Crippen MR) is 175 cm³/mol. The molecule has 8 heteroatoms. The van der Waals surface area contributed by atoms with Crippen LogP contribution < -0.4 is 16.0 Å². The second-order valence-electron chi connectivity index (χ2n) is 11.5. The Bertz CT molecular complexity index is 1960. The molecular weight excluding hydrogens is 552 g/mol. The summed E-state index contributed by atoms with van der Waals surface area (Å²) >= 11 is 0. The highest BCUT2D eigenvalue weighted by molar-refractivity contribution is 6.09. The summed E-state index contributed by atoms with van der Waals surface area (Å²) in [6.45, 7) is 5.42.